The average molecular weight is 634 g/mol. The number of carbonyl (C=O) groups excluding carboxylic acids is 1. The summed E-state index contributed by atoms with van der Waals surface area (Å²) < 4.78 is 65.8. The summed E-state index contributed by atoms with van der Waals surface area (Å²) in [5.41, 5.74) is 0.393. The molecule has 9 nitrogen and oxygen atoms in total. The maximum Gasteiger partial charge on any atom is 0.319 e. The summed E-state index contributed by atoms with van der Waals surface area (Å²) >= 11 is 3.47. The number of amides is 2. The molecule has 3 rings (SSSR count). The molecule has 0 bridgehead atoms. The molecule has 0 unspecified atom stereocenters. The third kappa shape index (κ3) is 8.75. The van der Waals surface area contributed by atoms with E-state index in [4.69, 9.17) is 9.47 Å². The minimum atomic E-state index is -3.15. The topological polar surface area (TPSA) is 112 Å². The van der Waals surface area contributed by atoms with E-state index in [-0.39, 0.29) is 36.9 Å². The van der Waals surface area contributed by atoms with Crippen LogP contribution in [0.1, 0.15) is 6.42 Å². The first-order chi connectivity index (χ1) is 17.7. The molecule has 2 N–H and O–H groups in total. The lowest BCUT2D eigenvalue weighted by molar-refractivity contribution is 0.0898. The summed E-state index contributed by atoms with van der Waals surface area (Å²) in [6, 6.07) is 3.65. The van der Waals surface area contributed by atoms with Gasteiger partial charge in [-0.05, 0) is 34.5 Å². The van der Waals surface area contributed by atoms with Gasteiger partial charge in [0.25, 0.3) is 0 Å². The van der Waals surface area contributed by atoms with E-state index < -0.39 is 41.3 Å². The van der Waals surface area contributed by atoms with Crippen molar-refractivity contribution in [3.8, 4) is 11.5 Å². The van der Waals surface area contributed by atoms with Crippen molar-refractivity contribution in [2.75, 3.05) is 30.5 Å². The van der Waals surface area contributed by atoms with E-state index in [9.17, 15) is 22.0 Å². The second kappa shape index (κ2) is 12.5. The second-order valence-electron chi connectivity index (χ2n) is 10.0. The molecular formula is C24H31BrF2N4O5SSi. The summed E-state index contributed by atoms with van der Waals surface area (Å²) in [6.45, 7) is 7.78. The molecule has 3 aromatic rings. The quantitative estimate of drug-likeness (QED) is 0.195. The molecule has 0 aliphatic rings. The zero-order valence-corrected chi connectivity index (χ0v) is 25.0. The van der Waals surface area contributed by atoms with Gasteiger partial charge in [0.1, 0.15) is 28.0 Å². The van der Waals surface area contributed by atoms with Gasteiger partial charge in [0.15, 0.2) is 17.4 Å². The monoisotopic (exact) mass is 632 g/mol. The number of ether oxygens (including phenoxy) is 2. The van der Waals surface area contributed by atoms with Crippen LogP contribution in [0.2, 0.25) is 25.7 Å². The van der Waals surface area contributed by atoms with Crippen LogP contribution in [-0.4, -0.2) is 57.2 Å². The van der Waals surface area contributed by atoms with E-state index in [2.05, 4.69) is 51.2 Å². The first-order valence-electron chi connectivity index (χ1n) is 11.8. The Hall–Kier alpha value is -2.55. The Labute approximate surface area is 230 Å². The lowest BCUT2D eigenvalue weighted by Gasteiger charge is -2.15. The van der Waals surface area contributed by atoms with Gasteiger partial charge in [0.05, 0.1) is 11.1 Å². The van der Waals surface area contributed by atoms with E-state index in [1.807, 2.05) is 0 Å². The van der Waals surface area contributed by atoms with Gasteiger partial charge in [0.2, 0.25) is 0 Å². The fourth-order valence-corrected chi connectivity index (χ4v) is 5.46. The van der Waals surface area contributed by atoms with Crippen molar-refractivity contribution in [2.45, 2.75) is 38.8 Å². The molecule has 0 aliphatic heterocycles. The Kier molecular flexibility index (Phi) is 9.89. The maximum absolute atomic E-state index is 14.8. The molecule has 0 saturated heterocycles. The number of nitrogens with zero attached hydrogens (tertiary/aromatic N) is 2. The molecule has 0 radical (unpaired) electrons. The number of hydrogen-bond acceptors (Lipinski definition) is 6. The predicted octanol–water partition coefficient (Wildman–Crippen LogP) is 5.74. The summed E-state index contributed by atoms with van der Waals surface area (Å²) in [7, 11) is -4.38. The summed E-state index contributed by atoms with van der Waals surface area (Å²) in [6.07, 6.45) is 4.55. The lowest BCUT2D eigenvalue weighted by atomic mass is 10.2. The Bertz CT molecular complexity index is 1390. The van der Waals surface area contributed by atoms with E-state index in [1.54, 1.807) is 10.8 Å². The third-order valence-corrected chi connectivity index (χ3v) is 8.68. The number of benzene rings is 1. The second-order valence-corrected chi connectivity index (χ2v) is 18.8. The zero-order chi connectivity index (χ0) is 28.1. The molecule has 0 aliphatic carbocycles. The van der Waals surface area contributed by atoms with Crippen molar-refractivity contribution in [2.24, 2.45) is 0 Å². The van der Waals surface area contributed by atoms with E-state index >= 15 is 0 Å². The summed E-state index contributed by atoms with van der Waals surface area (Å²) in [5, 5.41) is 5.28. The molecule has 2 aromatic heterocycles. The molecule has 2 amide bonds. The number of carbonyl (C=O) groups is 1. The highest BCUT2D eigenvalue weighted by Gasteiger charge is 2.19. The van der Waals surface area contributed by atoms with Gasteiger partial charge < -0.3 is 24.7 Å². The van der Waals surface area contributed by atoms with Crippen LogP contribution in [0.25, 0.3) is 11.0 Å². The molecule has 0 atom stereocenters. The molecule has 14 heteroatoms. The fraction of sp³-hybridized carbons (Fsp3) is 0.417. The molecule has 1 aromatic carbocycles. The van der Waals surface area contributed by atoms with Crippen molar-refractivity contribution in [1.29, 1.82) is 0 Å². The number of anilines is 1. The largest absolute Gasteiger partial charge is 0.450 e. The summed E-state index contributed by atoms with van der Waals surface area (Å²) in [5.74, 6) is -2.58. The number of sulfone groups is 1. The Morgan fingerprint density at radius 3 is 2.53 bits per heavy atom. The zero-order valence-electron chi connectivity index (χ0n) is 21.6. The lowest BCUT2D eigenvalue weighted by Crippen LogP contribution is -2.30. The smallest absolute Gasteiger partial charge is 0.319 e. The minimum absolute atomic E-state index is 0.0843. The highest BCUT2D eigenvalue weighted by molar-refractivity contribution is 9.10. The fourth-order valence-electron chi connectivity index (χ4n) is 3.41. The van der Waals surface area contributed by atoms with Crippen LogP contribution >= 0.6 is 15.9 Å². The molecule has 2 heterocycles. The highest BCUT2D eigenvalue weighted by Crippen LogP contribution is 2.37. The summed E-state index contributed by atoms with van der Waals surface area (Å²) in [4.78, 5) is 16.4. The van der Waals surface area contributed by atoms with E-state index in [1.165, 1.54) is 12.3 Å². The molecule has 0 saturated carbocycles. The molecule has 38 heavy (non-hydrogen) atoms. The highest BCUT2D eigenvalue weighted by atomic mass is 79.9. The van der Waals surface area contributed by atoms with E-state index in [0.717, 1.165) is 24.4 Å². The molecule has 208 valence electrons. The molecule has 0 spiro atoms. The normalized spacial score (nSPS) is 12.1. The number of fused-ring (bicyclic) bond motifs is 1. The van der Waals surface area contributed by atoms with Crippen LogP contribution in [0.3, 0.4) is 0 Å². The molecular weight excluding hydrogens is 602 g/mol. The number of halogens is 3. The van der Waals surface area contributed by atoms with Crippen LogP contribution in [-0.2, 0) is 21.3 Å². The van der Waals surface area contributed by atoms with Crippen LogP contribution in [0, 0.1) is 11.6 Å². The Morgan fingerprint density at radius 2 is 1.89 bits per heavy atom. The van der Waals surface area contributed by atoms with Crippen LogP contribution < -0.4 is 15.4 Å². The van der Waals surface area contributed by atoms with Gasteiger partial charge in [-0.1, -0.05) is 19.6 Å². The van der Waals surface area contributed by atoms with Gasteiger partial charge >= 0.3 is 6.03 Å². The third-order valence-electron chi connectivity index (χ3n) is 5.35. The first kappa shape index (κ1) is 30.0. The van der Waals surface area contributed by atoms with Crippen molar-refractivity contribution < 1.29 is 31.5 Å². The number of rotatable bonds is 12. The first-order valence-corrected chi connectivity index (χ1v) is 18.4. The average Bonchev–Trinajstić information content (AvgIpc) is 3.12. The van der Waals surface area contributed by atoms with Crippen LogP contribution in [0.4, 0.5) is 19.3 Å². The SMILES string of the molecule is C[Si](C)(C)CCOCn1cc(Br)c2c(Oc3c(F)cc(NC(=O)NCCCS(C)(=O)=O)cc3F)ccnc21. The number of urea groups is 1. The molecule has 0 fully saturated rings. The Morgan fingerprint density at radius 1 is 1.21 bits per heavy atom. The van der Waals surface area contributed by atoms with Gasteiger partial charge in [0, 0.05) is 62.2 Å². The van der Waals surface area contributed by atoms with Crippen molar-refractivity contribution in [1.82, 2.24) is 14.9 Å². The van der Waals surface area contributed by atoms with Crippen LogP contribution in [0.5, 0.6) is 11.5 Å². The van der Waals surface area contributed by atoms with E-state index in [0.29, 0.717) is 22.1 Å². The predicted molar refractivity (Wildman–Crippen MR) is 149 cm³/mol. The van der Waals surface area contributed by atoms with Crippen molar-refractivity contribution in [3.05, 3.63) is 46.7 Å². The van der Waals surface area contributed by atoms with Crippen molar-refractivity contribution >= 4 is 56.6 Å². The standard InChI is InChI=1S/C24H31BrF2N4O5SSi/c1-37(33,34)10-5-7-29-24(32)30-16-12-18(26)22(19(27)13-16)36-20-6-8-28-23-21(20)17(25)14-31(23)15-35-9-11-38(2,3)4/h6,8,12-14H,5,7,9-11,15H2,1-4H3,(H2,29,30,32). The number of nitrogens with one attached hydrogen (secondary N) is 2. The van der Waals surface area contributed by atoms with Gasteiger partial charge in [-0.15, -0.1) is 0 Å². The Balaban J connectivity index is 1.70. The van der Waals surface area contributed by atoms with Gasteiger partial charge in [-0.25, -0.2) is 27.0 Å². The number of pyridine rings is 1. The number of hydrogen-bond donors (Lipinski definition) is 2. The minimum Gasteiger partial charge on any atom is -0.450 e. The van der Waals surface area contributed by atoms with Crippen LogP contribution in [0.15, 0.2) is 35.1 Å². The van der Waals surface area contributed by atoms with Crippen molar-refractivity contribution in [3.63, 3.8) is 0 Å². The maximum atomic E-state index is 14.8. The van der Waals surface area contributed by atoms with Gasteiger partial charge in [-0.2, -0.15) is 0 Å². The van der Waals surface area contributed by atoms with Gasteiger partial charge in [-0.3, -0.25) is 0 Å². The number of aromatic nitrogens is 2.